The van der Waals surface area contributed by atoms with Gasteiger partial charge in [0.05, 0.1) is 15.5 Å². The van der Waals surface area contributed by atoms with Crippen LogP contribution in [0.2, 0.25) is 0 Å². The number of nitrogens with one attached hydrogen (secondary N) is 1. The lowest BCUT2D eigenvalue weighted by Gasteiger charge is -2.33. The lowest BCUT2D eigenvalue weighted by Crippen LogP contribution is -2.54. The molecule has 0 saturated heterocycles. The van der Waals surface area contributed by atoms with Gasteiger partial charge in [0, 0.05) is 24.2 Å². The lowest BCUT2D eigenvalue weighted by atomic mass is 10.1. The highest BCUT2D eigenvalue weighted by atomic mass is 32.2. The molecule has 0 aromatic heterocycles. The molecule has 0 fully saturated rings. The van der Waals surface area contributed by atoms with Crippen molar-refractivity contribution in [2.45, 2.75) is 50.7 Å². The minimum Gasteiger partial charge on any atom is -0.350 e. The van der Waals surface area contributed by atoms with Crippen LogP contribution >= 0.6 is 0 Å². The SMILES string of the molecule is CC(C(=O)NC(C)(C)C)N(Cc1ccccc1)C(=O)CN(c1ccc([N+](=O)[O-])cc1)S(=O)(=O)c1ccccc1. The summed E-state index contributed by atoms with van der Waals surface area (Å²) in [4.78, 5) is 38.7. The number of benzene rings is 3. The van der Waals surface area contributed by atoms with Crippen LogP contribution in [-0.4, -0.2) is 48.2 Å². The molecule has 0 bridgehead atoms. The van der Waals surface area contributed by atoms with E-state index in [0.29, 0.717) is 0 Å². The van der Waals surface area contributed by atoms with Crippen LogP contribution in [0.1, 0.15) is 33.3 Å². The third-order valence-electron chi connectivity index (χ3n) is 5.82. The van der Waals surface area contributed by atoms with Gasteiger partial charge in [0.2, 0.25) is 11.8 Å². The van der Waals surface area contributed by atoms with Gasteiger partial charge in [-0.1, -0.05) is 48.5 Å². The summed E-state index contributed by atoms with van der Waals surface area (Å²) >= 11 is 0. The van der Waals surface area contributed by atoms with E-state index in [9.17, 15) is 28.1 Å². The zero-order valence-electron chi connectivity index (χ0n) is 22.3. The van der Waals surface area contributed by atoms with Crippen molar-refractivity contribution >= 4 is 33.2 Å². The van der Waals surface area contributed by atoms with Crippen LogP contribution in [0.5, 0.6) is 0 Å². The van der Waals surface area contributed by atoms with Crippen molar-refractivity contribution in [3.05, 3.63) is 101 Å². The van der Waals surface area contributed by atoms with Crippen LogP contribution in [0.25, 0.3) is 0 Å². The van der Waals surface area contributed by atoms with E-state index in [4.69, 9.17) is 0 Å². The number of rotatable bonds is 10. The zero-order chi connectivity index (χ0) is 28.8. The standard InChI is InChI=1S/C28H32N4O6S/c1-21(27(34)29-28(2,3)4)30(19-22-11-7-5-8-12-22)26(33)20-31(23-15-17-24(18-16-23)32(35)36)39(37,38)25-13-9-6-10-14-25/h5-18,21H,19-20H2,1-4H3,(H,29,34). The van der Waals surface area contributed by atoms with Crippen molar-refractivity contribution in [2.75, 3.05) is 10.8 Å². The normalized spacial score (nSPS) is 12.3. The predicted octanol–water partition coefficient (Wildman–Crippen LogP) is 4.12. The summed E-state index contributed by atoms with van der Waals surface area (Å²) in [5.74, 6) is -1.01. The van der Waals surface area contributed by atoms with E-state index in [2.05, 4.69) is 5.32 Å². The van der Waals surface area contributed by atoms with E-state index in [-0.39, 0.29) is 28.7 Å². The Morgan fingerprint density at radius 2 is 1.46 bits per heavy atom. The van der Waals surface area contributed by atoms with Crippen LogP contribution in [0, 0.1) is 10.1 Å². The Morgan fingerprint density at radius 3 is 1.97 bits per heavy atom. The number of anilines is 1. The molecule has 1 N–H and O–H groups in total. The number of carbonyl (C=O) groups is 2. The highest BCUT2D eigenvalue weighted by Crippen LogP contribution is 2.26. The maximum atomic E-state index is 13.8. The molecule has 10 nitrogen and oxygen atoms in total. The van der Waals surface area contributed by atoms with Crippen molar-refractivity contribution in [3.8, 4) is 0 Å². The first-order valence-electron chi connectivity index (χ1n) is 12.3. The van der Waals surface area contributed by atoms with E-state index in [1.807, 2.05) is 39.0 Å². The van der Waals surface area contributed by atoms with E-state index in [1.165, 1.54) is 41.3 Å². The van der Waals surface area contributed by atoms with Gasteiger partial charge in [-0.05, 0) is 57.5 Å². The molecule has 0 aliphatic heterocycles. The second-order valence-electron chi connectivity index (χ2n) is 10.0. The Hall–Kier alpha value is -4.25. The average Bonchev–Trinajstić information content (AvgIpc) is 2.90. The highest BCUT2D eigenvalue weighted by Gasteiger charge is 2.33. The molecule has 3 rings (SSSR count). The van der Waals surface area contributed by atoms with Crippen molar-refractivity contribution in [3.63, 3.8) is 0 Å². The Balaban J connectivity index is 2.03. The molecular formula is C28H32N4O6S. The summed E-state index contributed by atoms with van der Waals surface area (Å²) in [6.07, 6.45) is 0. The molecule has 0 heterocycles. The predicted molar refractivity (Wildman–Crippen MR) is 148 cm³/mol. The van der Waals surface area contributed by atoms with Crippen LogP contribution in [-0.2, 0) is 26.2 Å². The van der Waals surface area contributed by atoms with Gasteiger partial charge < -0.3 is 10.2 Å². The molecule has 11 heteroatoms. The number of nitrogens with zero attached hydrogens (tertiary/aromatic N) is 3. The number of amides is 2. The fourth-order valence-corrected chi connectivity index (χ4v) is 5.26. The number of nitro groups is 1. The number of hydrogen-bond acceptors (Lipinski definition) is 6. The Bertz CT molecular complexity index is 1410. The first-order valence-corrected chi connectivity index (χ1v) is 13.7. The molecular weight excluding hydrogens is 520 g/mol. The maximum absolute atomic E-state index is 13.8. The van der Waals surface area contributed by atoms with Gasteiger partial charge in [-0.15, -0.1) is 0 Å². The molecule has 0 aliphatic rings. The fraction of sp³-hybridized carbons (Fsp3) is 0.286. The Labute approximate surface area is 228 Å². The summed E-state index contributed by atoms with van der Waals surface area (Å²) < 4.78 is 28.3. The number of non-ortho nitro benzene ring substituents is 1. The van der Waals surface area contributed by atoms with Gasteiger partial charge in [0.25, 0.3) is 15.7 Å². The number of carbonyl (C=O) groups excluding carboxylic acids is 2. The molecule has 1 unspecified atom stereocenters. The van der Waals surface area contributed by atoms with Crippen molar-refractivity contribution < 1.29 is 22.9 Å². The Morgan fingerprint density at radius 1 is 0.923 bits per heavy atom. The minimum absolute atomic E-state index is 0.0516. The molecule has 0 saturated carbocycles. The van der Waals surface area contributed by atoms with Crippen LogP contribution < -0.4 is 9.62 Å². The van der Waals surface area contributed by atoms with E-state index in [0.717, 1.165) is 9.87 Å². The first kappa shape index (κ1) is 29.3. The molecule has 1 atom stereocenters. The number of nitro benzene ring substituents is 1. The van der Waals surface area contributed by atoms with Gasteiger partial charge in [0.1, 0.15) is 12.6 Å². The molecule has 206 valence electrons. The summed E-state index contributed by atoms with van der Waals surface area (Å²) in [6.45, 7) is 6.49. The highest BCUT2D eigenvalue weighted by molar-refractivity contribution is 7.92. The molecule has 3 aromatic rings. The van der Waals surface area contributed by atoms with Crippen LogP contribution in [0.3, 0.4) is 0 Å². The van der Waals surface area contributed by atoms with Crippen LogP contribution in [0.15, 0.2) is 89.8 Å². The number of sulfonamides is 1. The monoisotopic (exact) mass is 552 g/mol. The van der Waals surface area contributed by atoms with Gasteiger partial charge >= 0.3 is 0 Å². The summed E-state index contributed by atoms with van der Waals surface area (Å²) in [6, 6.07) is 20.6. The third-order valence-corrected chi connectivity index (χ3v) is 7.61. The Kier molecular flexibility index (Phi) is 9.08. The van der Waals surface area contributed by atoms with Gasteiger partial charge in [0.15, 0.2) is 0 Å². The topological polar surface area (TPSA) is 130 Å². The summed E-state index contributed by atoms with van der Waals surface area (Å²) in [5.41, 5.74) is 0.0625. The smallest absolute Gasteiger partial charge is 0.269 e. The summed E-state index contributed by atoms with van der Waals surface area (Å²) in [5, 5.41) is 14.0. The van der Waals surface area contributed by atoms with Crippen molar-refractivity contribution in [1.82, 2.24) is 10.2 Å². The van der Waals surface area contributed by atoms with Gasteiger partial charge in [-0.3, -0.25) is 24.0 Å². The molecule has 3 aromatic carbocycles. The number of hydrogen-bond donors (Lipinski definition) is 1. The zero-order valence-corrected chi connectivity index (χ0v) is 23.1. The van der Waals surface area contributed by atoms with Crippen molar-refractivity contribution in [2.24, 2.45) is 0 Å². The quantitative estimate of drug-likeness (QED) is 0.297. The molecule has 0 radical (unpaired) electrons. The lowest BCUT2D eigenvalue weighted by molar-refractivity contribution is -0.384. The molecule has 0 aliphatic carbocycles. The third kappa shape index (κ3) is 7.64. The largest absolute Gasteiger partial charge is 0.350 e. The summed E-state index contributed by atoms with van der Waals surface area (Å²) in [7, 11) is -4.25. The fourth-order valence-electron chi connectivity index (χ4n) is 3.83. The second-order valence-corrected chi connectivity index (χ2v) is 11.9. The van der Waals surface area contributed by atoms with Crippen molar-refractivity contribution in [1.29, 1.82) is 0 Å². The van der Waals surface area contributed by atoms with Crippen LogP contribution in [0.4, 0.5) is 11.4 Å². The van der Waals surface area contributed by atoms with E-state index < -0.39 is 39.0 Å². The van der Waals surface area contributed by atoms with Gasteiger partial charge in [-0.25, -0.2) is 8.42 Å². The second kappa shape index (κ2) is 12.1. The maximum Gasteiger partial charge on any atom is 0.269 e. The van der Waals surface area contributed by atoms with E-state index in [1.54, 1.807) is 37.3 Å². The molecule has 39 heavy (non-hydrogen) atoms. The van der Waals surface area contributed by atoms with E-state index >= 15 is 0 Å². The van der Waals surface area contributed by atoms with Gasteiger partial charge in [-0.2, -0.15) is 0 Å². The average molecular weight is 553 g/mol. The molecule has 2 amide bonds. The molecule has 0 spiro atoms. The first-order chi connectivity index (χ1) is 18.3. The minimum atomic E-state index is -4.25.